The minimum Gasteiger partial charge on any atom is -0.491 e. The van der Waals surface area contributed by atoms with Crippen LogP contribution in [0.2, 0.25) is 0 Å². The first kappa shape index (κ1) is 16.6. The second-order valence-corrected chi connectivity index (χ2v) is 6.05. The van der Waals surface area contributed by atoms with Gasteiger partial charge in [0, 0.05) is 32.5 Å². The number of benzene rings is 2. The normalized spacial score (nSPS) is 17.8. The zero-order chi connectivity index (χ0) is 17.2. The third-order valence-corrected chi connectivity index (χ3v) is 4.33. The Morgan fingerprint density at radius 3 is 2.42 bits per heavy atom. The number of alkyl halides is 2. The Morgan fingerprint density at radius 1 is 1.17 bits per heavy atom. The predicted molar refractivity (Wildman–Crippen MR) is 87.0 cm³/mol. The van der Waals surface area contributed by atoms with Crippen LogP contribution in [0.1, 0.15) is 23.2 Å². The van der Waals surface area contributed by atoms with Crippen LogP contribution in [0.4, 0.5) is 8.78 Å². The molecule has 1 aliphatic rings. The second-order valence-electron chi connectivity index (χ2n) is 6.05. The molecule has 2 aromatic rings. The largest absolute Gasteiger partial charge is 0.491 e. The van der Waals surface area contributed by atoms with E-state index in [1.807, 2.05) is 29.2 Å². The summed E-state index contributed by atoms with van der Waals surface area (Å²) < 4.78 is 31.9. The molecule has 0 aromatic heterocycles. The minimum atomic E-state index is -2.56. The molecule has 1 fully saturated rings. The maximum absolute atomic E-state index is 13.1. The van der Waals surface area contributed by atoms with Crippen molar-refractivity contribution in [3.63, 3.8) is 0 Å². The van der Waals surface area contributed by atoms with Gasteiger partial charge in [0.25, 0.3) is 5.92 Å². The molecule has 3 rings (SSSR count). The highest BCUT2D eigenvalue weighted by Gasteiger charge is 2.33. The summed E-state index contributed by atoms with van der Waals surface area (Å²) in [7, 11) is 0. The van der Waals surface area contributed by atoms with Gasteiger partial charge < -0.3 is 9.84 Å². The highest BCUT2D eigenvalue weighted by atomic mass is 19.3. The molecule has 0 amide bonds. The SMILES string of the molecule is O=C(O)c1cc2ccccc2cc1OCCN1CCC(F)(F)CC1. The van der Waals surface area contributed by atoms with E-state index in [0.717, 1.165) is 10.8 Å². The van der Waals surface area contributed by atoms with Crippen LogP contribution in [-0.4, -0.2) is 48.1 Å². The number of halogens is 2. The van der Waals surface area contributed by atoms with Crippen LogP contribution in [0.15, 0.2) is 36.4 Å². The van der Waals surface area contributed by atoms with Gasteiger partial charge in [-0.1, -0.05) is 24.3 Å². The van der Waals surface area contributed by atoms with Crippen molar-refractivity contribution in [2.75, 3.05) is 26.2 Å². The highest BCUT2D eigenvalue weighted by Crippen LogP contribution is 2.28. The molecule has 0 radical (unpaired) electrons. The lowest BCUT2D eigenvalue weighted by Gasteiger charge is -2.31. The molecule has 2 aromatic carbocycles. The monoisotopic (exact) mass is 335 g/mol. The number of piperidine rings is 1. The lowest BCUT2D eigenvalue weighted by Crippen LogP contribution is -2.41. The summed E-state index contributed by atoms with van der Waals surface area (Å²) in [5, 5.41) is 11.1. The number of hydrogen-bond acceptors (Lipinski definition) is 3. The fraction of sp³-hybridized carbons (Fsp3) is 0.389. The average molecular weight is 335 g/mol. The quantitative estimate of drug-likeness (QED) is 0.906. The van der Waals surface area contributed by atoms with Gasteiger partial charge in [0.05, 0.1) is 0 Å². The zero-order valence-electron chi connectivity index (χ0n) is 13.2. The summed E-state index contributed by atoms with van der Waals surface area (Å²) in [5.74, 6) is -3.30. The zero-order valence-corrected chi connectivity index (χ0v) is 13.2. The Morgan fingerprint density at radius 2 is 1.79 bits per heavy atom. The van der Waals surface area contributed by atoms with Gasteiger partial charge in [-0.15, -0.1) is 0 Å². The number of likely N-dealkylation sites (tertiary alicyclic amines) is 1. The van der Waals surface area contributed by atoms with Crippen molar-refractivity contribution in [2.24, 2.45) is 0 Å². The molecule has 4 nitrogen and oxygen atoms in total. The number of carboxylic acids is 1. The molecule has 0 saturated carbocycles. The molecule has 0 atom stereocenters. The van der Waals surface area contributed by atoms with Gasteiger partial charge in [-0.3, -0.25) is 4.90 Å². The van der Waals surface area contributed by atoms with Crippen molar-refractivity contribution in [3.8, 4) is 5.75 Å². The van der Waals surface area contributed by atoms with E-state index in [1.165, 1.54) is 0 Å². The van der Waals surface area contributed by atoms with E-state index in [1.54, 1.807) is 12.1 Å². The third kappa shape index (κ3) is 3.82. The molecule has 0 bridgehead atoms. The average Bonchev–Trinajstić information content (AvgIpc) is 2.55. The van der Waals surface area contributed by atoms with Crippen LogP contribution >= 0.6 is 0 Å². The van der Waals surface area contributed by atoms with Crippen molar-refractivity contribution in [2.45, 2.75) is 18.8 Å². The smallest absolute Gasteiger partial charge is 0.339 e. The van der Waals surface area contributed by atoms with Gasteiger partial charge in [-0.25, -0.2) is 13.6 Å². The maximum atomic E-state index is 13.1. The Hall–Kier alpha value is -2.21. The summed E-state index contributed by atoms with van der Waals surface area (Å²) >= 11 is 0. The Bertz CT molecular complexity index is 738. The Labute approximate surface area is 138 Å². The van der Waals surface area contributed by atoms with Gasteiger partial charge >= 0.3 is 5.97 Å². The standard InChI is InChI=1S/C18H19F2NO3/c19-18(20)5-7-21(8-6-18)9-10-24-16-12-14-4-2-1-3-13(14)11-15(16)17(22)23/h1-4,11-12H,5-10H2,(H,22,23). The van der Waals surface area contributed by atoms with Gasteiger partial charge in [-0.2, -0.15) is 0 Å². The number of nitrogens with zero attached hydrogens (tertiary/aromatic N) is 1. The van der Waals surface area contributed by atoms with Crippen LogP contribution in [0.25, 0.3) is 10.8 Å². The fourth-order valence-corrected chi connectivity index (χ4v) is 2.89. The van der Waals surface area contributed by atoms with E-state index in [4.69, 9.17) is 4.74 Å². The Balaban J connectivity index is 1.66. The molecule has 1 N–H and O–H groups in total. The van der Waals surface area contributed by atoms with Crippen LogP contribution in [-0.2, 0) is 0 Å². The van der Waals surface area contributed by atoms with E-state index in [0.29, 0.717) is 25.4 Å². The van der Waals surface area contributed by atoms with Crippen LogP contribution in [0.5, 0.6) is 5.75 Å². The molecule has 1 aliphatic heterocycles. The number of carboxylic acid groups (broad SMARTS) is 1. The van der Waals surface area contributed by atoms with Crippen molar-refractivity contribution in [1.29, 1.82) is 0 Å². The first-order chi connectivity index (χ1) is 11.4. The summed E-state index contributed by atoms with van der Waals surface area (Å²) in [6, 6.07) is 10.8. The van der Waals surface area contributed by atoms with Gasteiger partial charge in [0.2, 0.25) is 0 Å². The number of aromatic carboxylic acids is 1. The maximum Gasteiger partial charge on any atom is 0.339 e. The van der Waals surface area contributed by atoms with E-state index in [2.05, 4.69) is 0 Å². The molecule has 24 heavy (non-hydrogen) atoms. The first-order valence-corrected chi connectivity index (χ1v) is 7.94. The lowest BCUT2D eigenvalue weighted by molar-refractivity contribution is -0.0564. The second kappa shape index (κ2) is 6.73. The predicted octanol–water partition coefficient (Wildman–Crippen LogP) is 3.65. The van der Waals surface area contributed by atoms with Crippen molar-refractivity contribution in [1.82, 2.24) is 4.90 Å². The molecule has 128 valence electrons. The van der Waals surface area contributed by atoms with Crippen LogP contribution < -0.4 is 4.74 Å². The molecule has 0 spiro atoms. The first-order valence-electron chi connectivity index (χ1n) is 7.94. The molecule has 0 aliphatic carbocycles. The number of hydrogen-bond donors (Lipinski definition) is 1. The Kier molecular flexibility index (Phi) is 4.66. The highest BCUT2D eigenvalue weighted by molar-refractivity contribution is 5.97. The van der Waals surface area contributed by atoms with Gasteiger partial charge in [0.15, 0.2) is 0 Å². The van der Waals surface area contributed by atoms with Crippen molar-refractivity contribution < 1.29 is 23.4 Å². The fourth-order valence-electron chi connectivity index (χ4n) is 2.89. The van der Waals surface area contributed by atoms with E-state index >= 15 is 0 Å². The van der Waals surface area contributed by atoms with E-state index < -0.39 is 11.9 Å². The van der Waals surface area contributed by atoms with Crippen molar-refractivity contribution >= 4 is 16.7 Å². The number of fused-ring (bicyclic) bond motifs is 1. The summed E-state index contributed by atoms with van der Waals surface area (Å²) in [4.78, 5) is 13.3. The van der Waals surface area contributed by atoms with Gasteiger partial charge in [-0.05, 0) is 22.9 Å². The topological polar surface area (TPSA) is 49.8 Å². The number of rotatable bonds is 5. The van der Waals surface area contributed by atoms with Crippen LogP contribution in [0, 0.1) is 0 Å². The molecular formula is C18H19F2NO3. The van der Waals surface area contributed by atoms with Crippen LogP contribution in [0.3, 0.4) is 0 Å². The summed E-state index contributed by atoms with van der Waals surface area (Å²) in [6.45, 7) is 1.44. The minimum absolute atomic E-state index is 0.110. The number of carbonyl (C=O) groups is 1. The number of ether oxygens (including phenoxy) is 1. The lowest BCUT2D eigenvalue weighted by atomic mass is 10.1. The summed E-state index contributed by atoms with van der Waals surface area (Å²) in [5.41, 5.74) is 0.110. The molecule has 1 saturated heterocycles. The third-order valence-electron chi connectivity index (χ3n) is 4.33. The van der Waals surface area contributed by atoms with Gasteiger partial charge in [0.1, 0.15) is 17.9 Å². The molecule has 6 heteroatoms. The van der Waals surface area contributed by atoms with E-state index in [-0.39, 0.29) is 25.0 Å². The van der Waals surface area contributed by atoms with Crippen molar-refractivity contribution in [3.05, 3.63) is 42.0 Å². The summed E-state index contributed by atoms with van der Waals surface area (Å²) in [6.07, 6.45) is -0.271. The molecule has 0 unspecified atom stereocenters. The van der Waals surface area contributed by atoms with E-state index in [9.17, 15) is 18.7 Å². The molecule has 1 heterocycles. The molecular weight excluding hydrogens is 316 g/mol.